The molecule has 5 nitrogen and oxygen atoms in total. The lowest BCUT2D eigenvalue weighted by Crippen LogP contribution is -2.40. The maximum atomic E-state index is 12.3. The number of unbranched alkanes of at least 4 members (excludes halogenated alkanes) is 3. The number of ether oxygens (including phenoxy) is 1. The maximum Gasteiger partial charge on any atom is 0.225 e. The van der Waals surface area contributed by atoms with Crippen molar-refractivity contribution in [1.82, 2.24) is 10.2 Å². The third-order valence-electron chi connectivity index (χ3n) is 4.35. The molecule has 0 spiro atoms. The molecular formula is C17H32N2O3. The molecule has 1 rings (SSSR count). The lowest BCUT2D eigenvalue weighted by atomic mass is 10.1. The quantitative estimate of drug-likeness (QED) is 0.630. The standard InChI is InChI=1S/C17H32N2O3/c1-5-6-7-8-9-13(2)18-17(21)15-10-16(20)19(11-15)14(3)12-22-4/h13-15H,5-12H2,1-4H3,(H,18,21)/t13-,14-,15+/m0/s1. The minimum atomic E-state index is -0.218. The number of hydrogen-bond donors (Lipinski definition) is 1. The Labute approximate surface area is 134 Å². The zero-order valence-electron chi connectivity index (χ0n) is 14.6. The van der Waals surface area contributed by atoms with Crippen molar-refractivity contribution in [2.75, 3.05) is 20.3 Å². The Morgan fingerprint density at radius 1 is 1.36 bits per heavy atom. The minimum absolute atomic E-state index is 0.0171. The van der Waals surface area contributed by atoms with Gasteiger partial charge in [-0.05, 0) is 20.3 Å². The first-order valence-corrected chi connectivity index (χ1v) is 8.58. The molecule has 0 aromatic carbocycles. The largest absolute Gasteiger partial charge is 0.383 e. The highest BCUT2D eigenvalue weighted by atomic mass is 16.5. The second kappa shape index (κ2) is 9.82. The topological polar surface area (TPSA) is 58.6 Å². The molecule has 0 radical (unpaired) electrons. The van der Waals surface area contributed by atoms with Crippen LogP contribution in [-0.2, 0) is 14.3 Å². The van der Waals surface area contributed by atoms with Crippen LogP contribution in [0.1, 0.15) is 59.3 Å². The molecule has 0 aromatic heterocycles. The molecule has 1 fully saturated rings. The van der Waals surface area contributed by atoms with Gasteiger partial charge in [-0.25, -0.2) is 0 Å². The van der Waals surface area contributed by atoms with Crippen LogP contribution >= 0.6 is 0 Å². The Morgan fingerprint density at radius 3 is 2.73 bits per heavy atom. The average molecular weight is 312 g/mol. The van der Waals surface area contributed by atoms with Gasteiger partial charge in [0.05, 0.1) is 18.6 Å². The predicted molar refractivity (Wildman–Crippen MR) is 87.5 cm³/mol. The smallest absolute Gasteiger partial charge is 0.225 e. The van der Waals surface area contributed by atoms with Crippen molar-refractivity contribution in [2.45, 2.75) is 71.4 Å². The van der Waals surface area contributed by atoms with Crippen LogP contribution in [0.15, 0.2) is 0 Å². The number of nitrogens with zero attached hydrogens (tertiary/aromatic N) is 1. The van der Waals surface area contributed by atoms with E-state index in [2.05, 4.69) is 12.2 Å². The summed E-state index contributed by atoms with van der Waals surface area (Å²) < 4.78 is 5.09. The fraction of sp³-hybridized carbons (Fsp3) is 0.882. The Balaban J connectivity index is 2.35. The lowest BCUT2D eigenvalue weighted by molar-refractivity contribution is -0.130. The molecule has 2 amide bonds. The third-order valence-corrected chi connectivity index (χ3v) is 4.35. The van der Waals surface area contributed by atoms with Crippen molar-refractivity contribution in [1.29, 1.82) is 0 Å². The first-order valence-electron chi connectivity index (χ1n) is 8.58. The molecule has 1 aliphatic heterocycles. The molecule has 5 heteroatoms. The highest BCUT2D eigenvalue weighted by molar-refractivity contribution is 5.89. The van der Waals surface area contributed by atoms with Gasteiger partial charge in [0.25, 0.3) is 0 Å². The second-order valence-electron chi connectivity index (χ2n) is 6.51. The number of carbonyl (C=O) groups excluding carboxylic acids is 2. The first-order chi connectivity index (χ1) is 10.5. The van der Waals surface area contributed by atoms with Crippen molar-refractivity contribution < 1.29 is 14.3 Å². The van der Waals surface area contributed by atoms with Gasteiger partial charge < -0.3 is 15.0 Å². The van der Waals surface area contributed by atoms with Crippen molar-refractivity contribution in [3.05, 3.63) is 0 Å². The summed E-state index contributed by atoms with van der Waals surface area (Å²) in [6.07, 6.45) is 6.18. The summed E-state index contributed by atoms with van der Waals surface area (Å²) in [5.41, 5.74) is 0. The van der Waals surface area contributed by atoms with Crippen LogP contribution in [0.2, 0.25) is 0 Å². The fourth-order valence-electron chi connectivity index (χ4n) is 2.97. The molecule has 1 heterocycles. The summed E-state index contributed by atoms with van der Waals surface area (Å²) in [7, 11) is 1.63. The van der Waals surface area contributed by atoms with E-state index >= 15 is 0 Å². The number of likely N-dealkylation sites (tertiary alicyclic amines) is 1. The average Bonchev–Trinajstić information content (AvgIpc) is 2.86. The number of nitrogens with one attached hydrogen (secondary N) is 1. The van der Waals surface area contributed by atoms with Crippen molar-refractivity contribution >= 4 is 11.8 Å². The fourth-order valence-corrected chi connectivity index (χ4v) is 2.97. The normalized spacial score (nSPS) is 21.0. The van der Waals surface area contributed by atoms with Crippen LogP contribution in [0.25, 0.3) is 0 Å². The van der Waals surface area contributed by atoms with Crippen LogP contribution in [0, 0.1) is 5.92 Å². The van der Waals surface area contributed by atoms with E-state index in [9.17, 15) is 9.59 Å². The van der Waals surface area contributed by atoms with Crippen molar-refractivity contribution in [2.24, 2.45) is 5.92 Å². The van der Waals surface area contributed by atoms with E-state index in [1.54, 1.807) is 12.0 Å². The van der Waals surface area contributed by atoms with Crippen LogP contribution in [0.3, 0.4) is 0 Å². The van der Waals surface area contributed by atoms with Gasteiger partial charge in [-0.2, -0.15) is 0 Å². The van der Waals surface area contributed by atoms with Gasteiger partial charge in [0.15, 0.2) is 0 Å². The number of amides is 2. The lowest BCUT2D eigenvalue weighted by Gasteiger charge is -2.24. The first kappa shape index (κ1) is 18.9. The van der Waals surface area contributed by atoms with Crippen LogP contribution in [0.4, 0.5) is 0 Å². The predicted octanol–water partition coefficient (Wildman–Crippen LogP) is 2.34. The number of methoxy groups -OCH3 is 1. The summed E-state index contributed by atoms with van der Waals surface area (Å²) in [5.74, 6) is -0.145. The van der Waals surface area contributed by atoms with Crippen LogP contribution in [0.5, 0.6) is 0 Å². The summed E-state index contributed by atoms with van der Waals surface area (Å²) in [6.45, 7) is 7.22. The summed E-state index contributed by atoms with van der Waals surface area (Å²) >= 11 is 0. The molecule has 0 aromatic rings. The van der Waals surface area contributed by atoms with Crippen molar-refractivity contribution in [3.63, 3.8) is 0 Å². The molecule has 0 bridgehead atoms. The van der Waals surface area contributed by atoms with E-state index in [1.807, 2.05) is 13.8 Å². The van der Waals surface area contributed by atoms with Gasteiger partial charge in [0.1, 0.15) is 0 Å². The van der Waals surface area contributed by atoms with E-state index in [1.165, 1.54) is 19.3 Å². The van der Waals surface area contributed by atoms with E-state index in [-0.39, 0.29) is 29.8 Å². The Hall–Kier alpha value is -1.10. The molecule has 0 unspecified atom stereocenters. The third kappa shape index (κ3) is 5.95. The van der Waals surface area contributed by atoms with Gasteiger partial charge >= 0.3 is 0 Å². The molecule has 0 aliphatic carbocycles. The second-order valence-corrected chi connectivity index (χ2v) is 6.51. The van der Waals surface area contributed by atoms with Crippen molar-refractivity contribution in [3.8, 4) is 0 Å². The van der Waals surface area contributed by atoms with Gasteiger partial charge in [-0.1, -0.05) is 32.6 Å². The van der Waals surface area contributed by atoms with Crippen LogP contribution in [-0.4, -0.2) is 49.1 Å². The molecule has 1 saturated heterocycles. The molecule has 22 heavy (non-hydrogen) atoms. The SMILES string of the molecule is CCCCCC[C@H](C)NC(=O)[C@@H]1CC(=O)N([C@@H](C)COC)C1. The minimum Gasteiger partial charge on any atom is -0.383 e. The van der Waals surface area contributed by atoms with E-state index in [0.29, 0.717) is 19.6 Å². The van der Waals surface area contributed by atoms with Gasteiger partial charge in [0.2, 0.25) is 11.8 Å². The summed E-state index contributed by atoms with van der Waals surface area (Å²) in [4.78, 5) is 26.1. The molecule has 1 aliphatic rings. The zero-order chi connectivity index (χ0) is 16.5. The van der Waals surface area contributed by atoms with Gasteiger partial charge in [-0.15, -0.1) is 0 Å². The van der Waals surface area contributed by atoms with Crippen LogP contribution < -0.4 is 5.32 Å². The Morgan fingerprint density at radius 2 is 2.09 bits per heavy atom. The van der Waals surface area contributed by atoms with E-state index in [4.69, 9.17) is 4.74 Å². The Kier molecular flexibility index (Phi) is 8.46. The summed E-state index contributed by atoms with van der Waals surface area (Å²) in [5, 5.41) is 3.06. The monoisotopic (exact) mass is 312 g/mol. The molecule has 3 atom stereocenters. The van der Waals surface area contributed by atoms with E-state index < -0.39 is 0 Å². The molecular weight excluding hydrogens is 280 g/mol. The molecule has 0 saturated carbocycles. The number of hydrogen-bond acceptors (Lipinski definition) is 3. The molecule has 1 N–H and O–H groups in total. The van der Waals surface area contributed by atoms with Gasteiger partial charge in [-0.3, -0.25) is 9.59 Å². The Bertz CT molecular complexity index is 360. The molecule has 128 valence electrons. The number of carbonyl (C=O) groups is 2. The maximum absolute atomic E-state index is 12.3. The summed E-state index contributed by atoms with van der Waals surface area (Å²) in [6, 6.07) is 0.215. The van der Waals surface area contributed by atoms with E-state index in [0.717, 1.165) is 12.8 Å². The zero-order valence-corrected chi connectivity index (χ0v) is 14.6. The highest BCUT2D eigenvalue weighted by Crippen LogP contribution is 2.21. The highest BCUT2D eigenvalue weighted by Gasteiger charge is 2.36. The van der Waals surface area contributed by atoms with Gasteiger partial charge in [0, 0.05) is 26.1 Å². The number of rotatable bonds is 10.